The zero-order valence-electron chi connectivity index (χ0n) is 20.3. The maximum absolute atomic E-state index is 14.5. The van der Waals surface area contributed by atoms with Gasteiger partial charge < -0.3 is 21.7 Å². The van der Waals surface area contributed by atoms with Crippen LogP contribution < -0.4 is 21.7 Å². The van der Waals surface area contributed by atoms with Crippen molar-refractivity contribution in [3.8, 4) is 6.07 Å². The Morgan fingerprint density at radius 1 is 1.14 bits per heavy atom. The van der Waals surface area contributed by atoms with Crippen LogP contribution in [0.3, 0.4) is 0 Å². The van der Waals surface area contributed by atoms with Gasteiger partial charge in [0, 0.05) is 24.0 Å². The van der Waals surface area contributed by atoms with Gasteiger partial charge in [0.05, 0.1) is 23.7 Å². The highest BCUT2D eigenvalue weighted by atomic mass is 19.1. The van der Waals surface area contributed by atoms with Crippen molar-refractivity contribution in [3.05, 3.63) is 65.1 Å². The fourth-order valence-electron chi connectivity index (χ4n) is 3.67. The highest BCUT2D eigenvalue weighted by Gasteiger charge is 2.34. The smallest absolute Gasteiger partial charge is 0.312 e. The molecule has 10 nitrogen and oxygen atoms in total. The number of primary amides is 1. The summed E-state index contributed by atoms with van der Waals surface area (Å²) in [6.45, 7) is 5.75. The Kier molecular flexibility index (Phi) is 7.89. The van der Waals surface area contributed by atoms with Crippen LogP contribution in [0.2, 0.25) is 0 Å². The molecule has 11 heteroatoms. The second-order valence-corrected chi connectivity index (χ2v) is 9.30. The predicted molar refractivity (Wildman–Crippen MR) is 131 cm³/mol. The molecule has 5 N–H and O–H groups in total. The average molecular weight is 494 g/mol. The number of carbonyl (C=O) groups is 3. The highest BCUT2D eigenvalue weighted by molar-refractivity contribution is 6.06. The first-order valence-electron chi connectivity index (χ1n) is 11.3. The summed E-state index contributed by atoms with van der Waals surface area (Å²) >= 11 is 0. The molecule has 0 spiro atoms. The maximum Gasteiger partial charge on any atom is 0.312 e. The first kappa shape index (κ1) is 26.2. The van der Waals surface area contributed by atoms with E-state index in [2.05, 4.69) is 21.0 Å². The van der Waals surface area contributed by atoms with E-state index in [1.54, 1.807) is 24.3 Å². The number of rotatable bonds is 8. The molecular weight excluding hydrogens is 465 g/mol. The lowest BCUT2D eigenvalue weighted by molar-refractivity contribution is -0.125. The summed E-state index contributed by atoms with van der Waals surface area (Å²) in [6, 6.07) is 11.5. The molecule has 0 saturated heterocycles. The number of carbonyl (C=O) groups excluding carboxylic acids is 3. The number of halogens is 1. The summed E-state index contributed by atoms with van der Waals surface area (Å²) in [5.41, 5.74) is 5.61. The summed E-state index contributed by atoms with van der Waals surface area (Å²) in [5.74, 6) is -1.53. The normalized spacial score (nSPS) is 12.0. The van der Waals surface area contributed by atoms with Crippen LogP contribution in [0.5, 0.6) is 0 Å². The number of fused-ring (bicyclic) bond motifs is 1. The topological polar surface area (TPSA) is 155 Å². The monoisotopic (exact) mass is 493 g/mol. The van der Waals surface area contributed by atoms with E-state index in [0.717, 1.165) is 6.07 Å². The molecule has 0 saturated carbocycles. The third-order valence-corrected chi connectivity index (χ3v) is 5.50. The predicted octanol–water partition coefficient (Wildman–Crippen LogP) is 2.02. The number of nitriles is 1. The van der Waals surface area contributed by atoms with E-state index in [1.807, 2.05) is 26.8 Å². The van der Waals surface area contributed by atoms with Crippen LogP contribution in [0.4, 0.5) is 9.18 Å². The SMILES string of the molecule is CC(C)(C)[C@H](NC(=O)c1nn(Cc2ccc(C#N)cc2F)c2ccccc12)C(=O)NCCNC(N)=O. The molecule has 3 aromatic rings. The molecule has 0 aliphatic rings. The zero-order valence-corrected chi connectivity index (χ0v) is 20.3. The molecule has 0 bridgehead atoms. The van der Waals surface area contributed by atoms with Crippen LogP contribution >= 0.6 is 0 Å². The second-order valence-electron chi connectivity index (χ2n) is 9.30. The number of para-hydroxylation sites is 1. The second kappa shape index (κ2) is 10.9. The minimum absolute atomic E-state index is 0.0430. The number of urea groups is 1. The van der Waals surface area contributed by atoms with E-state index < -0.39 is 35.1 Å². The van der Waals surface area contributed by atoms with Crippen LogP contribution in [0.1, 0.15) is 42.4 Å². The van der Waals surface area contributed by atoms with Gasteiger partial charge in [-0.25, -0.2) is 9.18 Å². The number of hydrogen-bond acceptors (Lipinski definition) is 5. The van der Waals surface area contributed by atoms with E-state index >= 15 is 0 Å². The van der Waals surface area contributed by atoms with Crippen LogP contribution in [0.15, 0.2) is 42.5 Å². The number of aromatic nitrogens is 2. The average Bonchev–Trinajstić information content (AvgIpc) is 3.19. The number of hydrogen-bond donors (Lipinski definition) is 4. The third-order valence-electron chi connectivity index (χ3n) is 5.50. The van der Waals surface area contributed by atoms with Crippen LogP contribution in [0, 0.1) is 22.6 Å². The third kappa shape index (κ3) is 6.15. The van der Waals surface area contributed by atoms with Crippen molar-refractivity contribution < 1.29 is 18.8 Å². The highest BCUT2D eigenvalue weighted by Crippen LogP contribution is 2.23. The Bertz CT molecular complexity index is 1340. The van der Waals surface area contributed by atoms with Gasteiger partial charge in [-0.15, -0.1) is 0 Å². The van der Waals surface area contributed by atoms with Gasteiger partial charge in [-0.2, -0.15) is 10.4 Å². The molecule has 2 aromatic carbocycles. The van der Waals surface area contributed by atoms with Crippen molar-refractivity contribution in [2.24, 2.45) is 11.1 Å². The lowest BCUT2D eigenvalue weighted by atomic mass is 9.86. The van der Waals surface area contributed by atoms with Crippen molar-refractivity contribution in [1.29, 1.82) is 5.26 Å². The molecule has 0 aliphatic carbocycles. The summed E-state index contributed by atoms with van der Waals surface area (Å²) in [5, 5.41) is 21.8. The number of nitrogens with zero attached hydrogens (tertiary/aromatic N) is 3. The standard InChI is InChI=1S/C25H28FN7O3/c1-25(2,3)21(23(35)29-10-11-30-24(28)36)31-22(34)20-17-6-4-5-7-19(17)33(32-20)14-16-9-8-15(13-27)12-18(16)26/h4-9,12,21H,10-11,14H2,1-3H3,(H,29,35)(H,31,34)(H3,28,30,36)/t21-/m1/s1. The summed E-state index contributed by atoms with van der Waals surface area (Å²) < 4.78 is 16.0. The largest absolute Gasteiger partial charge is 0.353 e. The van der Waals surface area contributed by atoms with Crippen molar-refractivity contribution in [1.82, 2.24) is 25.7 Å². The minimum atomic E-state index is -0.904. The van der Waals surface area contributed by atoms with Crippen molar-refractivity contribution in [3.63, 3.8) is 0 Å². The van der Waals surface area contributed by atoms with Gasteiger partial charge in [0.15, 0.2) is 5.69 Å². The Morgan fingerprint density at radius 3 is 2.47 bits per heavy atom. The molecular formula is C25H28FN7O3. The first-order valence-corrected chi connectivity index (χ1v) is 11.3. The van der Waals surface area contributed by atoms with Gasteiger partial charge in [-0.05, 0) is 23.6 Å². The quantitative estimate of drug-likeness (QED) is 0.353. The Balaban J connectivity index is 1.86. The summed E-state index contributed by atoms with van der Waals surface area (Å²) in [4.78, 5) is 37.0. The molecule has 3 rings (SSSR count). The van der Waals surface area contributed by atoms with Crippen molar-refractivity contribution in [2.45, 2.75) is 33.4 Å². The van der Waals surface area contributed by atoms with E-state index in [-0.39, 0.29) is 30.9 Å². The Morgan fingerprint density at radius 2 is 1.83 bits per heavy atom. The number of benzene rings is 2. The maximum atomic E-state index is 14.5. The molecule has 0 radical (unpaired) electrons. The van der Waals surface area contributed by atoms with Crippen LogP contribution in [-0.4, -0.2) is 46.8 Å². The Hall–Kier alpha value is -4.46. The lowest BCUT2D eigenvalue weighted by Gasteiger charge is -2.30. The van der Waals surface area contributed by atoms with Crippen LogP contribution in [-0.2, 0) is 11.3 Å². The van der Waals surface area contributed by atoms with Crippen molar-refractivity contribution in [2.75, 3.05) is 13.1 Å². The molecule has 188 valence electrons. The van der Waals surface area contributed by atoms with Crippen molar-refractivity contribution >= 4 is 28.7 Å². The molecule has 1 atom stereocenters. The molecule has 1 heterocycles. The molecule has 36 heavy (non-hydrogen) atoms. The fraction of sp³-hybridized carbons (Fsp3) is 0.320. The lowest BCUT2D eigenvalue weighted by Crippen LogP contribution is -2.54. The van der Waals surface area contributed by atoms with Crippen LogP contribution in [0.25, 0.3) is 10.9 Å². The van der Waals surface area contributed by atoms with E-state index in [4.69, 9.17) is 11.0 Å². The van der Waals surface area contributed by atoms with E-state index in [0.29, 0.717) is 16.5 Å². The summed E-state index contributed by atoms with van der Waals surface area (Å²) in [6.07, 6.45) is 0. The first-order chi connectivity index (χ1) is 17.0. The number of nitrogens with one attached hydrogen (secondary N) is 3. The van der Waals surface area contributed by atoms with Gasteiger partial charge in [0.2, 0.25) is 5.91 Å². The van der Waals surface area contributed by atoms with Gasteiger partial charge in [0.25, 0.3) is 5.91 Å². The molecule has 1 aromatic heterocycles. The van der Waals surface area contributed by atoms with Gasteiger partial charge in [-0.3, -0.25) is 14.3 Å². The zero-order chi connectivity index (χ0) is 26.5. The van der Waals surface area contributed by atoms with Gasteiger partial charge >= 0.3 is 6.03 Å². The molecule has 0 unspecified atom stereocenters. The number of nitrogens with two attached hydrogens (primary N) is 1. The van der Waals surface area contributed by atoms with Gasteiger partial charge in [0.1, 0.15) is 11.9 Å². The minimum Gasteiger partial charge on any atom is -0.353 e. The molecule has 0 aliphatic heterocycles. The van der Waals surface area contributed by atoms with E-state index in [9.17, 15) is 18.8 Å². The summed E-state index contributed by atoms with van der Waals surface area (Å²) in [7, 11) is 0. The van der Waals surface area contributed by atoms with E-state index in [1.165, 1.54) is 16.8 Å². The Labute approximate surface area is 207 Å². The molecule has 4 amide bonds. The molecule has 0 fully saturated rings. The number of amides is 4. The van der Waals surface area contributed by atoms with Gasteiger partial charge in [-0.1, -0.05) is 45.0 Å². The fourth-order valence-corrected chi connectivity index (χ4v) is 3.67.